The van der Waals surface area contributed by atoms with Gasteiger partial charge in [0.1, 0.15) is 10.8 Å². The molecule has 0 bridgehead atoms. The molecule has 0 spiro atoms. The lowest BCUT2D eigenvalue weighted by atomic mass is 9.98. The fourth-order valence-corrected chi connectivity index (χ4v) is 4.28. The molecule has 1 aliphatic rings. The molecule has 0 aromatic carbocycles. The van der Waals surface area contributed by atoms with Crippen LogP contribution in [0.4, 0.5) is 4.79 Å². The molecule has 2 aromatic heterocycles. The van der Waals surface area contributed by atoms with Gasteiger partial charge >= 0.3 is 6.09 Å². The molecule has 0 saturated carbocycles. The maximum absolute atomic E-state index is 12.2. The zero-order valence-corrected chi connectivity index (χ0v) is 19.0. The molecule has 1 aliphatic heterocycles. The van der Waals surface area contributed by atoms with Gasteiger partial charge in [-0.25, -0.2) is 19.7 Å². The number of carbonyl (C=O) groups is 1. The highest BCUT2D eigenvalue weighted by molar-refractivity contribution is 7.09. The molecule has 1 saturated heterocycles. The number of piperidine rings is 1. The quantitative estimate of drug-likeness (QED) is 0.459. The van der Waals surface area contributed by atoms with Crippen LogP contribution in [0.1, 0.15) is 55.8 Å². The van der Waals surface area contributed by atoms with Gasteiger partial charge in [-0.1, -0.05) is 11.6 Å². The van der Waals surface area contributed by atoms with E-state index in [2.05, 4.69) is 9.97 Å². The number of rotatable bonds is 5. The number of nitrogens with zero attached hydrogens (tertiary/aromatic N) is 4. The van der Waals surface area contributed by atoms with Gasteiger partial charge in [-0.15, -0.1) is 11.3 Å². The van der Waals surface area contributed by atoms with E-state index in [0.717, 1.165) is 23.5 Å². The zero-order valence-electron chi connectivity index (χ0n) is 16.7. The molecular formula is C19H24Cl2N4O3S. The van der Waals surface area contributed by atoms with Crippen LogP contribution in [-0.4, -0.2) is 44.6 Å². The third kappa shape index (κ3) is 6.50. The van der Waals surface area contributed by atoms with Crippen LogP contribution in [0.2, 0.25) is 10.4 Å². The van der Waals surface area contributed by atoms with Crippen LogP contribution in [0.15, 0.2) is 11.6 Å². The van der Waals surface area contributed by atoms with E-state index in [-0.39, 0.29) is 18.0 Å². The van der Waals surface area contributed by atoms with Crippen molar-refractivity contribution in [3.63, 3.8) is 0 Å². The van der Waals surface area contributed by atoms with E-state index in [1.807, 2.05) is 26.2 Å². The fourth-order valence-electron chi connectivity index (χ4n) is 2.94. The van der Waals surface area contributed by atoms with Crippen molar-refractivity contribution in [3.05, 3.63) is 38.3 Å². The second-order valence-corrected chi connectivity index (χ2v) is 9.45. The van der Waals surface area contributed by atoms with Gasteiger partial charge in [0.25, 0.3) is 0 Å². The Bertz CT molecular complexity index is 848. The average molecular weight is 459 g/mol. The maximum Gasteiger partial charge on any atom is 0.410 e. The topological polar surface area (TPSA) is 77.4 Å². The molecule has 1 amide bonds. The highest BCUT2D eigenvalue weighted by atomic mass is 35.5. The molecule has 0 radical (unpaired) electrons. The van der Waals surface area contributed by atoms with E-state index in [1.54, 1.807) is 22.4 Å². The summed E-state index contributed by atoms with van der Waals surface area (Å²) < 4.78 is 11.1. The van der Waals surface area contributed by atoms with Crippen LogP contribution < -0.4 is 0 Å². The van der Waals surface area contributed by atoms with Crippen molar-refractivity contribution >= 4 is 40.6 Å². The molecule has 1 fully saturated rings. The molecule has 0 aliphatic carbocycles. The molecule has 158 valence electrons. The van der Waals surface area contributed by atoms with Gasteiger partial charge in [0.15, 0.2) is 0 Å². The zero-order chi connectivity index (χ0) is 21.0. The number of ether oxygens (including phenoxy) is 2. The molecule has 29 heavy (non-hydrogen) atoms. The van der Waals surface area contributed by atoms with Crippen LogP contribution in [0.5, 0.6) is 0 Å². The van der Waals surface area contributed by atoms with Crippen molar-refractivity contribution in [1.29, 1.82) is 0 Å². The first-order chi connectivity index (χ1) is 13.7. The average Bonchev–Trinajstić information content (AvgIpc) is 3.11. The summed E-state index contributed by atoms with van der Waals surface area (Å²) in [6, 6.07) is 0. The first kappa shape index (κ1) is 22.2. The van der Waals surface area contributed by atoms with Crippen molar-refractivity contribution in [3.8, 4) is 0 Å². The Kier molecular flexibility index (Phi) is 7.32. The minimum Gasteiger partial charge on any atom is -0.444 e. The second-order valence-electron chi connectivity index (χ2n) is 7.87. The Balaban J connectivity index is 1.46. The Morgan fingerprint density at radius 1 is 1.24 bits per heavy atom. The van der Waals surface area contributed by atoms with E-state index in [1.165, 1.54) is 0 Å². The Hall–Kier alpha value is -1.48. The van der Waals surface area contributed by atoms with Gasteiger partial charge in [0.2, 0.25) is 5.28 Å². The monoisotopic (exact) mass is 458 g/mol. The summed E-state index contributed by atoms with van der Waals surface area (Å²) in [6.45, 7) is 7.67. The van der Waals surface area contributed by atoms with Crippen molar-refractivity contribution in [2.24, 2.45) is 0 Å². The minimum absolute atomic E-state index is 0.112. The molecule has 10 heteroatoms. The van der Waals surface area contributed by atoms with Gasteiger partial charge in [-0.05, 0) is 45.2 Å². The molecule has 0 unspecified atom stereocenters. The van der Waals surface area contributed by atoms with Crippen LogP contribution in [0.25, 0.3) is 0 Å². The number of thiazole rings is 1. The smallest absolute Gasteiger partial charge is 0.410 e. The minimum atomic E-state index is -0.472. The van der Waals surface area contributed by atoms with E-state index in [9.17, 15) is 4.79 Å². The van der Waals surface area contributed by atoms with Crippen molar-refractivity contribution in [2.75, 3.05) is 13.1 Å². The SMILES string of the molecule is CC(C)(C)OC(=O)N1CCC(c2nc(COCc3cnc(Cl)nc3Cl)cs2)CC1. The normalized spacial score (nSPS) is 15.6. The molecular weight excluding hydrogens is 435 g/mol. The van der Waals surface area contributed by atoms with Crippen LogP contribution >= 0.6 is 34.5 Å². The summed E-state index contributed by atoms with van der Waals surface area (Å²) in [5.74, 6) is 0.353. The lowest BCUT2D eigenvalue weighted by Gasteiger charge is -2.32. The van der Waals surface area contributed by atoms with Crippen LogP contribution in [0, 0.1) is 0 Å². The molecule has 7 nitrogen and oxygen atoms in total. The number of aromatic nitrogens is 3. The number of hydrogen-bond donors (Lipinski definition) is 0. The van der Waals surface area contributed by atoms with Crippen molar-refractivity contribution < 1.29 is 14.3 Å². The summed E-state index contributed by atoms with van der Waals surface area (Å²) in [5.41, 5.74) is 1.09. The fraction of sp³-hybridized carbons (Fsp3) is 0.579. The van der Waals surface area contributed by atoms with Crippen molar-refractivity contribution in [1.82, 2.24) is 19.9 Å². The van der Waals surface area contributed by atoms with E-state index >= 15 is 0 Å². The maximum atomic E-state index is 12.2. The predicted molar refractivity (Wildman–Crippen MR) is 112 cm³/mol. The van der Waals surface area contributed by atoms with Gasteiger partial charge in [-0.3, -0.25) is 0 Å². The highest BCUT2D eigenvalue weighted by Gasteiger charge is 2.28. The largest absolute Gasteiger partial charge is 0.444 e. The van der Waals surface area contributed by atoms with E-state index < -0.39 is 5.60 Å². The van der Waals surface area contributed by atoms with Gasteiger partial charge in [0, 0.05) is 36.1 Å². The summed E-state index contributed by atoms with van der Waals surface area (Å²) >= 11 is 13.3. The first-order valence-electron chi connectivity index (χ1n) is 9.38. The number of amides is 1. The van der Waals surface area contributed by atoms with Crippen molar-refractivity contribution in [2.45, 2.75) is 58.3 Å². The summed E-state index contributed by atoms with van der Waals surface area (Å²) in [5, 5.41) is 3.50. The summed E-state index contributed by atoms with van der Waals surface area (Å²) in [6.07, 6.45) is 3.08. The number of hydrogen-bond acceptors (Lipinski definition) is 7. The van der Waals surface area contributed by atoms with E-state index in [0.29, 0.717) is 36.3 Å². The Morgan fingerprint density at radius 3 is 2.62 bits per heavy atom. The Morgan fingerprint density at radius 2 is 1.97 bits per heavy atom. The summed E-state index contributed by atoms with van der Waals surface area (Å²) in [4.78, 5) is 26.5. The third-order valence-corrected chi connectivity index (χ3v) is 5.92. The summed E-state index contributed by atoms with van der Waals surface area (Å²) in [7, 11) is 0. The van der Waals surface area contributed by atoms with Gasteiger partial charge in [-0.2, -0.15) is 0 Å². The highest BCUT2D eigenvalue weighted by Crippen LogP contribution is 2.31. The number of carbonyl (C=O) groups excluding carboxylic acids is 1. The van der Waals surface area contributed by atoms with Gasteiger partial charge in [0.05, 0.1) is 23.9 Å². The molecule has 0 atom stereocenters. The van der Waals surface area contributed by atoms with Crippen LogP contribution in [-0.2, 0) is 22.7 Å². The molecule has 0 N–H and O–H groups in total. The standard InChI is InChI=1S/C19H24Cl2N4O3S/c1-19(2,3)28-18(26)25-6-4-12(5-7-25)16-23-14(11-29-16)10-27-9-13-8-22-17(21)24-15(13)20/h8,11-12H,4-7,9-10H2,1-3H3. The first-order valence-corrected chi connectivity index (χ1v) is 11.0. The number of halogens is 2. The van der Waals surface area contributed by atoms with Gasteiger partial charge < -0.3 is 14.4 Å². The molecule has 3 rings (SSSR count). The predicted octanol–water partition coefficient (Wildman–Crippen LogP) is 5.07. The molecule has 2 aromatic rings. The lowest BCUT2D eigenvalue weighted by Crippen LogP contribution is -2.41. The van der Waals surface area contributed by atoms with E-state index in [4.69, 9.17) is 37.7 Å². The number of likely N-dealkylation sites (tertiary alicyclic amines) is 1. The Labute approximate surface area is 184 Å². The molecule has 3 heterocycles. The lowest BCUT2D eigenvalue weighted by molar-refractivity contribution is 0.0204. The van der Waals surface area contributed by atoms with Crippen LogP contribution in [0.3, 0.4) is 0 Å². The third-order valence-electron chi connectivity index (χ3n) is 4.36. The second kappa shape index (κ2) is 9.55.